The Hall–Kier alpha value is -2.32. The van der Waals surface area contributed by atoms with Gasteiger partial charge >= 0.3 is 6.03 Å². The van der Waals surface area contributed by atoms with Gasteiger partial charge in [0.1, 0.15) is 5.75 Å². The number of amides is 3. The first-order chi connectivity index (χ1) is 12.0. The minimum Gasteiger partial charge on any atom is -0.497 e. The van der Waals surface area contributed by atoms with Crippen molar-refractivity contribution in [2.75, 3.05) is 51.8 Å². The Kier molecular flexibility index (Phi) is 5.40. The van der Waals surface area contributed by atoms with E-state index in [9.17, 15) is 9.59 Å². The molecular formula is C17H25N5O3. The van der Waals surface area contributed by atoms with Gasteiger partial charge in [0.05, 0.1) is 13.2 Å². The summed E-state index contributed by atoms with van der Waals surface area (Å²) in [6.45, 7) is 3.92. The average Bonchev–Trinajstić information content (AvgIpc) is 2.97. The maximum Gasteiger partial charge on any atom is 0.329 e. The third-order valence-corrected chi connectivity index (χ3v) is 4.61. The van der Waals surface area contributed by atoms with Crippen molar-refractivity contribution in [3.8, 4) is 5.75 Å². The molecule has 0 aromatic heterocycles. The number of anilines is 1. The fourth-order valence-electron chi connectivity index (χ4n) is 3.10. The van der Waals surface area contributed by atoms with Gasteiger partial charge in [0.25, 0.3) is 0 Å². The number of benzene rings is 1. The molecule has 2 aliphatic rings. The molecule has 2 saturated heterocycles. The number of nitrogens with one attached hydrogen (secondary N) is 2. The summed E-state index contributed by atoms with van der Waals surface area (Å²) < 4.78 is 5.13. The third kappa shape index (κ3) is 4.40. The minimum atomic E-state index is -0.251. The molecular weight excluding hydrogens is 322 g/mol. The second-order valence-corrected chi connectivity index (χ2v) is 6.48. The van der Waals surface area contributed by atoms with E-state index in [2.05, 4.69) is 22.7 Å². The first-order valence-electron chi connectivity index (χ1n) is 8.50. The smallest absolute Gasteiger partial charge is 0.329 e. The number of likely N-dealkylation sites (N-methyl/N-ethyl adjacent to an activating group) is 1. The van der Waals surface area contributed by atoms with Gasteiger partial charge < -0.3 is 19.9 Å². The quantitative estimate of drug-likeness (QED) is 0.817. The summed E-state index contributed by atoms with van der Waals surface area (Å²) in [7, 11) is 3.67. The fourth-order valence-corrected chi connectivity index (χ4v) is 3.10. The van der Waals surface area contributed by atoms with Crippen LogP contribution in [-0.4, -0.2) is 74.8 Å². The lowest BCUT2D eigenvalue weighted by atomic mass is 10.2. The maximum absolute atomic E-state index is 12.3. The average molecular weight is 347 g/mol. The summed E-state index contributed by atoms with van der Waals surface area (Å²) in [4.78, 5) is 28.3. The molecule has 2 N–H and O–H groups in total. The van der Waals surface area contributed by atoms with Gasteiger partial charge in [-0.15, -0.1) is 0 Å². The van der Waals surface area contributed by atoms with Crippen LogP contribution in [0.25, 0.3) is 0 Å². The Morgan fingerprint density at radius 2 is 1.84 bits per heavy atom. The molecule has 8 heteroatoms. The lowest BCUT2D eigenvalue weighted by Gasteiger charge is -2.32. The van der Waals surface area contributed by atoms with Gasteiger partial charge in [-0.05, 0) is 31.3 Å². The topological polar surface area (TPSA) is 77.2 Å². The van der Waals surface area contributed by atoms with Crippen molar-refractivity contribution in [2.45, 2.75) is 12.5 Å². The van der Waals surface area contributed by atoms with Crippen LogP contribution in [0.4, 0.5) is 10.5 Å². The standard InChI is InChI=1S/C17H25N5O3/c1-20-7-9-21(10-8-20)19-17(24)18-13-11-16(23)22(12-13)14-3-5-15(25-2)6-4-14/h3-6,13H,7-12H2,1-2H3,(H2,18,19,24). The second-order valence-electron chi connectivity index (χ2n) is 6.48. The Balaban J connectivity index is 1.50. The molecule has 136 valence electrons. The molecule has 2 fully saturated rings. The molecule has 0 aliphatic carbocycles. The summed E-state index contributed by atoms with van der Waals surface area (Å²) in [6.07, 6.45) is 0.308. The number of methoxy groups -OCH3 is 1. The molecule has 8 nitrogen and oxygen atoms in total. The van der Waals surface area contributed by atoms with Crippen molar-refractivity contribution in [1.29, 1.82) is 0 Å². The Bertz CT molecular complexity index is 613. The van der Waals surface area contributed by atoms with Gasteiger partial charge in [0.15, 0.2) is 0 Å². The van der Waals surface area contributed by atoms with Crippen molar-refractivity contribution in [3.05, 3.63) is 24.3 Å². The number of rotatable bonds is 4. The van der Waals surface area contributed by atoms with E-state index in [4.69, 9.17) is 4.74 Å². The highest BCUT2D eigenvalue weighted by molar-refractivity contribution is 5.96. The number of urea groups is 1. The lowest BCUT2D eigenvalue weighted by Crippen LogP contribution is -2.56. The van der Waals surface area contributed by atoms with Crippen LogP contribution in [0.2, 0.25) is 0 Å². The molecule has 3 amide bonds. The normalized spacial score (nSPS) is 22.1. The van der Waals surface area contributed by atoms with Crippen molar-refractivity contribution in [2.24, 2.45) is 0 Å². The van der Waals surface area contributed by atoms with E-state index in [0.717, 1.165) is 37.6 Å². The number of carbonyl (C=O) groups excluding carboxylic acids is 2. The summed E-state index contributed by atoms with van der Waals surface area (Å²) in [5.74, 6) is 0.756. The van der Waals surface area contributed by atoms with Gasteiger partial charge in [-0.1, -0.05) is 0 Å². The van der Waals surface area contributed by atoms with E-state index >= 15 is 0 Å². The van der Waals surface area contributed by atoms with E-state index in [1.54, 1.807) is 12.0 Å². The van der Waals surface area contributed by atoms with Crippen molar-refractivity contribution in [1.82, 2.24) is 20.7 Å². The van der Waals surface area contributed by atoms with Gasteiger partial charge in [-0.25, -0.2) is 9.80 Å². The number of hydrogen-bond donors (Lipinski definition) is 2. The fraction of sp³-hybridized carbons (Fsp3) is 0.529. The van der Waals surface area contributed by atoms with E-state index < -0.39 is 0 Å². The van der Waals surface area contributed by atoms with Crippen LogP contribution < -0.4 is 20.4 Å². The second kappa shape index (κ2) is 7.71. The monoisotopic (exact) mass is 347 g/mol. The van der Waals surface area contributed by atoms with Crippen LogP contribution in [0.3, 0.4) is 0 Å². The summed E-state index contributed by atoms with van der Waals surface area (Å²) in [5, 5.41) is 4.81. The van der Waals surface area contributed by atoms with Crippen molar-refractivity contribution < 1.29 is 14.3 Å². The van der Waals surface area contributed by atoms with Gasteiger partial charge in [0, 0.05) is 44.8 Å². The number of hydrazine groups is 1. The highest BCUT2D eigenvalue weighted by atomic mass is 16.5. The van der Waals surface area contributed by atoms with E-state index in [1.807, 2.05) is 29.3 Å². The van der Waals surface area contributed by atoms with E-state index in [0.29, 0.717) is 13.0 Å². The Labute approximate surface area is 147 Å². The summed E-state index contributed by atoms with van der Waals surface area (Å²) in [6, 6.07) is 6.90. The van der Waals surface area contributed by atoms with Gasteiger partial charge in [-0.3, -0.25) is 10.2 Å². The zero-order valence-corrected chi connectivity index (χ0v) is 14.7. The summed E-state index contributed by atoms with van der Waals surface area (Å²) >= 11 is 0. The van der Waals surface area contributed by atoms with Crippen LogP contribution in [0, 0.1) is 0 Å². The SMILES string of the molecule is COc1ccc(N2CC(NC(=O)NN3CCN(C)CC3)CC2=O)cc1. The largest absolute Gasteiger partial charge is 0.497 e. The molecule has 1 atom stereocenters. The number of hydrogen-bond acceptors (Lipinski definition) is 5. The predicted octanol–water partition coefficient (Wildman–Crippen LogP) is 0.262. The molecule has 0 spiro atoms. The number of carbonyl (C=O) groups is 2. The predicted molar refractivity (Wildman–Crippen MR) is 94.5 cm³/mol. The third-order valence-electron chi connectivity index (χ3n) is 4.61. The number of ether oxygens (including phenoxy) is 1. The molecule has 0 radical (unpaired) electrons. The zero-order chi connectivity index (χ0) is 17.8. The molecule has 0 bridgehead atoms. The van der Waals surface area contributed by atoms with Crippen LogP contribution in [0.1, 0.15) is 6.42 Å². The highest BCUT2D eigenvalue weighted by Gasteiger charge is 2.32. The first kappa shape index (κ1) is 17.5. The maximum atomic E-state index is 12.3. The van der Waals surface area contributed by atoms with Crippen LogP contribution in [0.5, 0.6) is 5.75 Å². The highest BCUT2D eigenvalue weighted by Crippen LogP contribution is 2.24. The van der Waals surface area contributed by atoms with Crippen LogP contribution in [0.15, 0.2) is 24.3 Å². The molecule has 1 aromatic carbocycles. The number of piperazine rings is 1. The molecule has 25 heavy (non-hydrogen) atoms. The van der Waals surface area contributed by atoms with Crippen molar-refractivity contribution >= 4 is 17.6 Å². The van der Waals surface area contributed by atoms with Gasteiger partial charge in [0.2, 0.25) is 5.91 Å². The van der Waals surface area contributed by atoms with Crippen LogP contribution >= 0.6 is 0 Å². The van der Waals surface area contributed by atoms with Crippen molar-refractivity contribution in [3.63, 3.8) is 0 Å². The lowest BCUT2D eigenvalue weighted by molar-refractivity contribution is -0.117. The first-order valence-corrected chi connectivity index (χ1v) is 8.50. The molecule has 0 saturated carbocycles. The van der Waals surface area contributed by atoms with Gasteiger partial charge in [-0.2, -0.15) is 0 Å². The Morgan fingerprint density at radius 3 is 2.48 bits per heavy atom. The molecule has 1 unspecified atom stereocenters. The Morgan fingerprint density at radius 1 is 1.16 bits per heavy atom. The molecule has 3 rings (SSSR count). The minimum absolute atomic E-state index is 0.00932. The van der Waals surface area contributed by atoms with E-state index in [-0.39, 0.29) is 18.0 Å². The molecule has 2 aliphatic heterocycles. The molecule has 2 heterocycles. The summed E-state index contributed by atoms with van der Waals surface area (Å²) in [5.41, 5.74) is 3.68. The zero-order valence-electron chi connectivity index (χ0n) is 14.7. The van der Waals surface area contributed by atoms with E-state index in [1.165, 1.54) is 0 Å². The number of nitrogens with zero attached hydrogens (tertiary/aromatic N) is 3. The molecule has 1 aromatic rings. The van der Waals surface area contributed by atoms with Crippen LogP contribution in [-0.2, 0) is 4.79 Å².